The van der Waals surface area contributed by atoms with E-state index in [0.717, 1.165) is 36.6 Å². The van der Waals surface area contributed by atoms with Crippen LogP contribution in [0.15, 0.2) is 24.5 Å². The van der Waals surface area contributed by atoms with Crippen LogP contribution in [0.5, 0.6) is 5.75 Å². The first-order chi connectivity index (χ1) is 9.79. The van der Waals surface area contributed by atoms with Crippen LogP contribution < -0.4 is 10.1 Å². The summed E-state index contributed by atoms with van der Waals surface area (Å²) in [5.74, 6) is 0.817. The van der Waals surface area contributed by atoms with Crippen molar-refractivity contribution in [2.24, 2.45) is 0 Å². The van der Waals surface area contributed by atoms with Gasteiger partial charge in [0, 0.05) is 18.9 Å². The van der Waals surface area contributed by atoms with Gasteiger partial charge in [0.25, 0.3) is 0 Å². The zero-order valence-electron chi connectivity index (χ0n) is 12.0. The molecule has 0 bridgehead atoms. The number of aromatic nitrogens is 4. The maximum atomic E-state index is 5.68. The number of rotatable bonds is 8. The number of nitrogens with zero attached hydrogens (tertiary/aromatic N) is 4. The van der Waals surface area contributed by atoms with Crippen LogP contribution in [0.3, 0.4) is 0 Å². The number of hydrogen-bond donors (Lipinski definition) is 1. The number of nitrogens with one attached hydrogen (secondary N) is 1. The largest absolute Gasteiger partial charge is 0.490 e. The van der Waals surface area contributed by atoms with E-state index < -0.39 is 0 Å². The smallest absolute Gasteiger partial charge is 0.140 e. The topological polar surface area (TPSA) is 64.9 Å². The molecule has 0 radical (unpaired) electrons. The van der Waals surface area contributed by atoms with Gasteiger partial charge in [0.15, 0.2) is 0 Å². The first kappa shape index (κ1) is 14.5. The van der Waals surface area contributed by atoms with Crippen molar-refractivity contribution in [3.05, 3.63) is 35.9 Å². The molecule has 2 aromatic heterocycles. The van der Waals surface area contributed by atoms with Crippen LogP contribution in [0.25, 0.3) is 0 Å². The molecule has 2 aromatic rings. The molecule has 0 saturated heterocycles. The molecule has 2 heterocycles. The van der Waals surface area contributed by atoms with E-state index in [9.17, 15) is 0 Å². The predicted molar refractivity (Wildman–Crippen MR) is 76.5 cm³/mol. The summed E-state index contributed by atoms with van der Waals surface area (Å²) in [6, 6.07) is 3.79. The van der Waals surface area contributed by atoms with Crippen molar-refractivity contribution in [3.63, 3.8) is 0 Å². The minimum absolute atomic E-state index is 0.553. The van der Waals surface area contributed by atoms with Crippen molar-refractivity contribution < 1.29 is 4.74 Å². The second-order valence-corrected chi connectivity index (χ2v) is 4.59. The van der Waals surface area contributed by atoms with Gasteiger partial charge in [-0.3, -0.25) is 4.98 Å². The lowest BCUT2D eigenvalue weighted by atomic mass is 10.3. The highest BCUT2D eigenvalue weighted by atomic mass is 16.5. The molecule has 0 amide bonds. The van der Waals surface area contributed by atoms with Crippen LogP contribution >= 0.6 is 0 Å². The van der Waals surface area contributed by atoms with Crippen LogP contribution in [0.1, 0.15) is 24.7 Å². The Kier molecular flexibility index (Phi) is 5.49. The molecule has 0 saturated carbocycles. The molecule has 0 aromatic carbocycles. The number of hydrogen-bond acceptors (Lipinski definition) is 5. The molecular formula is C14H21N5O. The molecular weight excluding hydrogens is 254 g/mol. The van der Waals surface area contributed by atoms with Gasteiger partial charge >= 0.3 is 0 Å². The Labute approximate surface area is 119 Å². The third kappa shape index (κ3) is 4.31. The van der Waals surface area contributed by atoms with E-state index in [1.807, 2.05) is 25.3 Å². The monoisotopic (exact) mass is 275 g/mol. The highest BCUT2D eigenvalue weighted by Crippen LogP contribution is 2.13. The van der Waals surface area contributed by atoms with Gasteiger partial charge in [-0.1, -0.05) is 12.1 Å². The highest BCUT2D eigenvalue weighted by Gasteiger charge is 2.02. The normalized spacial score (nSPS) is 10.7. The summed E-state index contributed by atoms with van der Waals surface area (Å²) in [7, 11) is 0. The lowest BCUT2D eigenvalue weighted by molar-refractivity contribution is 0.286. The Balaban J connectivity index is 1.75. The number of aryl methyl sites for hydroxylation is 1. The molecule has 1 N–H and O–H groups in total. The van der Waals surface area contributed by atoms with Gasteiger partial charge in [-0.2, -0.15) is 0 Å². The molecule has 0 aliphatic heterocycles. The van der Waals surface area contributed by atoms with Crippen LogP contribution in [0.2, 0.25) is 0 Å². The van der Waals surface area contributed by atoms with E-state index in [1.165, 1.54) is 0 Å². The van der Waals surface area contributed by atoms with E-state index in [2.05, 4.69) is 27.5 Å². The van der Waals surface area contributed by atoms with Crippen molar-refractivity contribution in [1.82, 2.24) is 25.3 Å². The minimum atomic E-state index is 0.553. The molecule has 0 aliphatic carbocycles. The van der Waals surface area contributed by atoms with Gasteiger partial charge in [0.1, 0.15) is 12.4 Å². The van der Waals surface area contributed by atoms with Crippen LogP contribution in [0.4, 0.5) is 0 Å². The van der Waals surface area contributed by atoms with E-state index in [-0.39, 0.29) is 0 Å². The first-order valence-electron chi connectivity index (χ1n) is 6.93. The molecule has 6 heteroatoms. The van der Waals surface area contributed by atoms with E-state index >= 15 is 0 Å². The van der Waals surface area contributed by atoms with Crippen LogP contribution in [0, 0.1) is 6.92 Å². The highest BCUT2D eigenvalue weighted by molar-refractivity contribution is 5.25. The van der Waals surface area contributed by atoms with Crippen molar-refractivity contribution in [3.8, 4) is 5.75 Å². The SMILES string of the molecule is CCCNCc1cn(CCOc2cccnc2C)nn1. The third-order valence-electron chi connectivity index (χ3n) is 2.86. The Morgan fingerprint density at radius 3 is 3.10 bits per heavy atom. The Morgan fingerprint density at radius 2 is 2.30 bits per heavy atom. The van der Waals surface area contributed by atoms with Crippen molar-refractivity contribution in [2.45, 2.75) is 33.4 Å². The quantitative estimate of drug-likeness (QED) is 0.741. The second-order valence-electron chi connectivity index (χ2n) is 4.59. The van der Waals surface area contributed by atoms with E-state index in [0.29, 0.717) is 13.2 Å². The van der Waals surface area contributed by atoms with Crippen molar-refractivity contribution in [2.75, 3.05) is 13.2 Å². The second kappa shape index (κ2) is 7.59. The predicted octanol–water partition coefficient (Wildman–Crippen LogP) is 1.56. The molecule has 108 valence electrons. The summed E-state index contributed by atoms with van der Waals surface area (Å²) >= 11 is 0. The van der Waals surface area contributed by atoms with Gasteiger partial charge in [-0.05, 0) is 32.0 Å². The fourth-order valence-electron chi connectivity index (χ4n) is 1.79. The maximum absolute atomic E-state index is 5.68. The molecule has 0 fully saturated rings. The zero-order chi connectivity index (χ0) is 14.2. The maximum Gasteiger partial charge on any atom is 0.140 e. The van der Waals surface area contributed by atoms with Crippen molar-refractivity contribution in [1.29, 1.82) is 0 Å². The van der Waals surface area contributed by atoms with Crippen LogP contribution in [-0.2, 0) is 13.1 Å². The van der Waals surface area contributed by atoms with Gasteiger partial charge in [0.2, 0.25) is 0 Å². The van der Waals surface area contributed by atoms with Gasteiger partial charge in [-0.25, -0.2) is 4.68 Å². The average Bonchev–Trinajstić information content (AvgIpc) is 2.89. The Bertz CT molecular complexity index is 526. The molecule has 0 unspecified atom stereocenters. The summed E-state index contributed by atoms with van der Waals surface area (Å²) in [6.07, 6.45) is 4.82. The summed E-state index contributed by atoms with van der Waals surface area (Å²) in [6.45, 7) is 7.06. The van der Waals surface area contributed by atoms with Gasteiger partial charge in [0.05, 0.1) is 17.9 Å². The Morgan fingerprint density at radius 1 is 1.40 bits per heavy atom. The molecule has 20 heavy (non-hydrogen) atoms. The lowest BCUT2D eigenvalue weighted by Crippen LogP contribution is -2.14. The molecule has 0 aliphatic rings. The van der Waals surface area contributed by atoms with E-state index in [4.69, 9.17) is 4.74 Å². The minimum Gasteiger partial charge on any atom is -0.490 e. The molecule has 0 spiro atoms. The zero-order valence-corrected chi connectivity index (χ0v) is 12.0. The van der Waals surface area contributed by atoms with Crippen molar-refractivity contribution >= 4 is 0 Å². The lowest BCUT2D eigenvalue weighted by Gasteiger charge is -2.07. The molecule has 2 rings (SSSR count). The average molecular weight is 275 g/mol. The summed E-state index contributed by atoms with van der Waals surface area (Å²) in [4.78, 5) is 4.18. The summed E-state index contributed by atoms with van der Waals surface area (Å²) in [5, 5.41) is 11.5. The first-order valence-corrected chi connectivity index (χ1v) is 6.93. The summed E-state index contributed by atoms with van der Waals surface area (Å²) < 4.78 is 7.48. The number of ether oxygens (including phenoxy) is 1. The van der Waals surface area contributed by atoms with Crippen LogP contribution in [-0.4, -0.2) is 33.1 Å². The van der Waals surface area contributed by atoms with Gasteiger partial charge < -0.3 is 10.1 Å². The van der Waals surface area contributed by atoms with E-state index in [1.54, 1.807) is 10.9 Å². The molecule has 0 atom stereocenters. The summed E-state index contributed by atoms with van der Waals surface area (Å²) in [5.41, 5.74) is 1.85. The number of pyridine rings is 1. The van der Waals surface area contributed by atoms with Gasteiger partial charge in [-0.15, -0.1) is 5.10 Å². The fraction of sp³-hybridized carbons (Fsp3) is 0.500. The standard InChI is InChI=1S/C14H21N5O/c1-3-6-15-10-13-11-19(18-17-13)8-9-20-14-5-4-7-16-12(14)2/h4-5,7,11,15H,3,6,8-10H2,1-2H3. The molecule has 6 nitrogen and oxygen atoms in total. The Hall–Kier alpha value is -1.95. The third-order valence-corrected chi connectivity index (χ3v) is 2.86. The fourth-order valence-corrected chi connectivity index (χ4v) is 1.79.